The topological polar surface area (TPSA) is 80.8 Å². The largest absolute Gasteiger partial charge is 0.496 e. The summed E-state index contributed by atoms with van der Waals surface area (Å²) in [5.41, 5.74) is 2.37. The zero-order chi connectivity index (χ0) is 23.3. The molecule has 1 unspecified atom stereocenters. The van der Waals surface area contributed by atoms with E-state index in [-0.39, 0.29) is 17.9 Å². The quantitative estimate of drug-likeness (QED) is 0.629. The number of aryl methyl sites for hydroxylation is 1. The molecule has 0 saturated carbocycles. The van der Waals surface area contributed by atoms with Crippen LogP contribution in [-0.4, -0.2) is 47.7 Å². The Morgan fingerprint density at radius 2 is 2.09 bits per heavy atom. The first-order valence-corrected chi connectivity index (χ1v) is 12.0. The van der Waals surface area contributed by atoms with Crippen LogP contribution in [0.4, 0.5) is 9.93 Å². The molecular weight excluding hydrogens is 426 g/mol. The van der Waals surface area contributed by atoms with Crippen LogP contribution in [0.1, 0.15) is 52.5 Å². The second kappa shape index (κ2) is 10.3. The van der Waals surface area contributed by atoms with Gasteiger partial charge in [0, 0.05) is 24.0 Å². The lowest BCUT2D eigenvalue weighted by Crippen LogP contribution is -2.45. The molecule has 1 aromatic heterocycles. The first kappa shape index (κ1) is 24.0. The molecule has 174 valence electrons. The summed E-state index contributed by atoms with van der Waals surface area (Å²) >= 11 is 1.39. The van der Waals surface area contributed by atoms with Crippen molar-refractivity contribution in [3.8, 4) is 17.0 Å². The van der Waals surface area contributed by atoms with Crippen LogP contribution in [0.3, 0.4) is 0 Å². The summed E-state index contributed by atoms with van der Waals surface area (Å²) in [6, 6.07) is 6.13. The minimum absolute atomic E-state index is 0.120. The maximum Gasteiger partial charge on any atom is 0.410 e. The van der Waals surface area contributed by atoms with Crippen molar-refractivity contribution in [3.63, 3.8) is 0 Å². The SMILES string of the molecule is CCCc1ccc(OC)c(-c2csc(NC(=O)C3CCCN(C(=O)OC(C)(C)C)C3)n2)c1. The molecular formula is C24H33N3O4S. The monoisotopic (exact) mass is 459 g/mol. The summed E-state index contributed by atoms with van der Waals surface area (Å²) in [5.74, 6) is 0.352. The molecule has 2 aromatic rings. The standard InChI is InChI=1S/C24H33N3O4S/c1-6-8-16-10-11-20(30-5)18(13-16)19-15-32-22(25-19)26-21(28)17-9-7-12-27(14-17)23(29)31-24(2,3)4/h10-11,13,15,17H,6-9,12,14H2,1-5H3,(H,25,26,28). The third-order valence-corrected chi connectivity index (χ3v) is 6.01. The van der Waals surface area contributed by atoms with Gasteiger partial charge >= 0.3 is 6.09 Å². The second-order valence-corrected chi connectivity index (χ2v) is 9.94. The van der Waals surface area contributed by atoms with E-state index in [1.54, 1.807) is 12.0 Å². The van der Waals surface area contributed by atoms with E-state index in [0.29, 0.717) is 18.2 Å². The van der Waals surface area contributed by atoms with Crippen LogP contribution in [0.15, 0.2) is 23.6 Å². The Kier molecular flexibility index (Phi) is 7.77. The minimum Gasteiger partial charge on any atom is -0.496 e. The number of nitrogens with zero attached hydrogens (tertiary/aromatic N) is 2. The molecule has 1 atom stereocenters. The Morgan fingerprint density at radius 3 is 2.78 bits per heavy atom. The molecule has 1 aromatic carbocycles. The number of carbonyl (C=O) groups excluding carboxylic acids is 2. The number of piperidine rings is 1. The van der Waals surface area contributed by atoms with Gasteiger partial charge in [0.15, 0.2) is 5.13 Å². The van der Waals surface area contributed by atoms with Crippen molar-refractivity contribution in [3.05, 3.63) is 29.1 Å². The Labute approximate surface area is 194 Å². The van der Waals surface area contributed by atoms with Crippen molar-refractivity contribution in [2.24, 2.45) is 5.92 Å². The van der Waals surface area contributed by atoms with Gasteiger partial charge in [-0.3, -0.25) is 4.79 Å². The summed E-state index contributed by atoms with van der Waals surface area (Å²) in [6.45, 7) is 8.62. The van der Waals surface area contributed by atoms with E-state index in [0.717, 1.165) is 42.7 Å². The molecule has 7 nitrogen and oxygen atoms in total. The average Bonchev–Trinajstić information content (AvgIpc) is 3.21. The summed E-state index contributed by atoms with van der Waals surface area (Å²) in [4.78, 5) is 31.5. The van der Waals surface area contributed by atoms with E-state index in [1.807, 2.05) is 32.2 Å². The lowest BCUT2D eigenvalue weighted by atomic mass is 9.97. The molecule has 2 amide bonds. The Hall–Kier alpha value is -2.61. The highest BCUT2D eigenvalue weighted by Gasteiger charge is 2.31. The van der Waals surface area contributed by atoms with Gasteiger partial charge in [-0.25, -0.2) is 9.78 Å². The van der Waals surface area contributed by atoms with E-state index in [4.69, 9.17) is 9.47 Å². The van der Waals surface area contributed by atoms with Crippen molar-refractivity contribution >= 4 is 28.5 Å². The van der Waals surface area contributed by atoms with E-state index in [1.165, 1.54) is 16.9 Å². The molecule has 32 heavy (non-hydrogen) atoms. The number of aromatic nitrogens is 1. The van der Waals surface area contributed by atoms with Gasteiger partial charge in [-0.2, -0.15) is 0 Å². The van der Waals surface area contributed by atoms with Crippen molar-refractivity contribution in [2.45, 2.75) is 59.0 Å². The van der Waals surface area contributed by atoms with Gasteiger partial charge in [0.1, 0.15) is 11.4 Å². The number of nitrogens with one attached hydrogen (secondary N) is 1. The lowest BCUT2D eigenvalue weighted by Gasteiger charge is -2.33. The van der Waals surface area contributed by atoms with Crippen LogP contribution in [0.5, 0.6) is 5.75 Å². The zero-order valence-electron chi connectivity index (χ0n) is 19.6. The number of likely N-dealkylation sites (tertiary alicyclic amines) is 1. The molecule has 2 heterocycles. The highest BCUT2D eigenvalue weighted by Crippen LogP contribution is 2.33. The fraction of sp³-hybridized carbons (Fsp3) is 0.542. The molecule has 1 aliphatic heterocycles. The highest BCUT2D eigenvalue weighted by molar-refractivity contribution is 7.14. The molecule has 0 spiro atoms. The summed E-state index contributed by atoms with van der Waals surface area (Å²) in [5, 5.41) is 5.41. The number of benzene rings is 1. The maximum atomic E-state index is 12.9. The van der Waals surface area contributed by atoms with Crippen LogP contribution in [0, 0.1) is 5.92 Å². The van der Waals surface area contributed by atoms with Gasteiger partial charge in [-0.1, -0.05) is 19.4 Å². The number of anilines is 1. The molecule has 1 fully saturated rings. The van der Waals surface area contributed by atoms with Gasteiger partial charge in [0.25, 0.3) is 0 Å². The van der Waals surface area contributed by atoms with Crippen LogP contribution < -0.4 is 10.1 Å². The van der Waals surface area contributed by atoms with E-state index in [2.05, 4.69) is 29.4 Å². The van der Waals surface area contributed by atoms with Gasteiger partial charge in [-0.05, 0) is 57.7 Å². The van der Waals surface area contributed by atoms with Crippen LogP contribution in [0.25, 0.3) is 11.3 Å². The highest BCUT2D eigenvalue weighted by atomic mass is 32.1. The number of rotatable bonds is 6. The third kappa shape index (κ3) is 6.22. The summed E-state index contributed by atoms with van der Waals surface area (Å²) < 4.78 is 11.0. The molecule has 1 aliphatic rings. The number of hydrogen-bond donors (Lipinski definition) is 1. The van der Waals surface area contributed by atoms with Gasteiger partial charge in [0.05, 0.1) is 18.7 Å². The molecule has 8 heteroatoms. The Balaban J connectivity index is 1.67. The Bertz CT molecular complexity index is 951. The van der Waals surface area contributed by atoms with Gasteiger partial charge in [0.2, 0.25) is 5.91 Å². The first-order valence-electron chi connectivity index (χ1n) is 11.1. The van der Waals surface area contributed by atoms with E-state index in [9.17, 15) is 9.59 Å². The molecule has 1 N–H and O–H groups in total. The molecule has 3 rings (SSSR count). The fourth-order valence-electron chi connectivity index (χ4n) is 3.75. The first-order chi connectivity index (χ1) is 15.2. The van der Waals surface area contributed by atoms with Crippen LogP contribution in [-0.2, 0) is 16.0 Å². The van der Waals surface area contributed by atoms with Crippen molar-refractivity contribution in [1.29, 1.82) is 0 Å². The van der Waals surface area contributed by atoms with Gasteiger partial charge in [-0.15, -0.1) is 11.3 Å². The lowest BCUT2D eigenvalue weighted by molar-refractivity contribution is -0.121. The number of hydrogen-bond acceptors (Lipinski definition) is 6. The molecule has 1 saturated heterocycles. The van der Waals surface area contributed by atoms with Crippen LogP contribution in [0.2, 0.25) is 0 Å². The van der Waals surface area contributed by atoms with Crippen molar-refractivity contribution in [1.82, 2.24) is 9.88 Å². The van der Waals surface area contributed by atoms with Crippen LogP contribution >= 0.6 is 11.3 Å². The number of thiazole rings is 1. The predicted molar refractivity (Wildman–Crippen MR) is 127 cm³/mol. The third-order valence-electron chi connectivity index (χ3n) is 5.26. The zero-order valence-corrected chi connectivity index (χ0v) is 20.4. The minimum atomic E-state index is -0.556. The van der Waals surface area contributed by atoms with Gasteiger partial charge < -0.3 is 19.7 Å². The normalized spacial score (nSPS) is 16.5. The van der Waals surface area contributed by atoms with Crippen molar-refractivity contribution in [2.75, 3.05) is 25.5 Å². The molecule has 0 radical (unpaired) electrons. The predicted octanol–water partition coefficient (Wildman–Crippen LogP) is 5.36. The maximum absolute atomic E-state index is 12.9. The number of ether oxygens (including phenoxy) is 2. The fourth-order valence-corrected chi connectivity index (χ4v) is 4.46. The smallest absolute Gasteiger partial charge is 0.410 e. The summed E-state index contributed by atoms with van der Waals surface area (Å²) in [6.07, 6.45) is 3.18. The Morgan fingerprint density at radius 1 is 1.31 bits per heavy atom. The average molecular weight is 460 g/mol. The molecule has 0 bridgehead atoms. The number of amides is 2. The second-order valence-electron chi connectivity index (χ2n) is 9.08. The summed E-state index contributed by atoms with van der Waals surface area (Å²) in [7, 11) is 1.65. The van der Waals surface area contributed by atoms with E-state index >= 15 is 0 Å². The number of carbonyl (C=O) groups is 2. The van der Waals surface area contributed by atoms with E-state index < -0.39 is 5.60 Å². The number of methoxy groups -OCH3 is 1. The van der Waals surface area contributed by atoms with Crippen molar-refractivity contribution < 1.29 is 19.1 Å². The molecule has 0 aliphatic carbocycles.